The predicted octanol–water partition coefficient (Wildman–Crippen LogP) is 4.01. The van der Waals surface area contributed by atoms with Gasteiger partial charge in [0.25, 0.3) is 0 Å². The standard InChI is InChI=1S/C16H14ClN3O2S/c1-10-11(7-8-22-10)15-18-19-16(20(15)2)23-9-14(21)12-5-3-4-6-13(12)17/h3-8H,9H2,1-2H3. The first-order chi connectivity index (χ1) is 11.1. The minimum absolute atomic E-state index is 0.0374. The second kappa shape index (κ2) is 6.60. The number of thioether (sulfide) groups is 1. The van der Waals surface area contributed by atoms with Gasteiger partial charge in [0.2, 0.25) is 0 Å². The Morgan fingerprint density at radius 3 is 2.78 bits per heavy atom. The van der Waals surface area contributed by atoms with Gasteiger partial charge in [-0.15, -0.1) is 10.2 Å². The smallest absolute Gasteiger partial charge is 0.191 e. The van der Waals surface area contributed by atoms with Crippen molar-refractivity contribution >= 4 is 29.1 Å². The van der Waals surface area contributed by atoms with Crippen LogP contribution in [0, 0.1) is 6.92 Å². The number of benzene rings is 1. The van der Waals surface area contributed by atoms with Crippen LogP contribution in [0.2, 0.25) is 5.02 Å². The molecule has 0 N–H and O–H groups in total. The van der Waals surface area contributed by atoms with Gasteiger partial charge in [-0.3, -0.25) is 4.79 Å². The van der Waals surface area contributed by atoms with Crippen molar-refractivity contribution in [2.24, 2.45) is 7.05 Å². The third-order valence-electron chi connectivity index (χ3n) is 3.44. The highest BCUT2D eigenvalue weighted by Crippen LogP contribution is 2.26. The molecule has 0 aliphatic rings. The zero-order chi connectivity index (χ0) is 16.4. The van der Waals surface area contributed by atoms with E-state index < -0.39 is 0 Å². The van der Waals surface area contributed by atoms with Gasteiger partial charge in [-0.2, -0.15) is 0 Å². The van der Waals surface area contributed by atoms with E-state index in [1.54, 1.807) is 30.5 Å². The van der Waals surface area contributed by atoms with E-state index in [4.69, 9.17) is 16.0 Å². The number of hydrogen-bond acceptors (Lipinski definition) is 5. The lowest BCUT2D eigenvalue weighted by molar-refractivity contribution is 0.102. The molecule has 0 unspecified atom stereocenters. The first-order valence-electron chi connectivity index (χ1n) is 6.92. The van der Waals surface area contributed by atoms with Gasteiger partial charge in [-0.1, -0.05) is 35.5 Å². The highest BCUT2D eigenvalue weighted by molar-refractivity contribution is 7.99. The fourth-order valence-electron chi connectivity index (χ4n) is 2.19. The molecule has 0 atom stereocenters. The number of halogens is 1. The number of furan rings is 1. The number of nitrogens with zero attached hydrogens (tertiary/aromatic N) is 3. The van der Waals surface area contributed by atoms with Crippen LogP contribution in [0.1, 0.15) is 16.1 Å². The molecule has 0 saturated heterocycles. The first kappa shape index (κ1) is 15.8. The van der Waals surface area contributed by atoms with Crippen molar-refractivity contribution in [2.45, 2.75) is 12.1 Å². The van der Waals surface area contributed by atoms with Crippen molar-refractivity contribution < 1.29 is 9.21 Å². The number of hydrogen-bond donors (Lipinski definition) is 0. The van der Waals surface area contributed by atoms with E-state index in [1.807, 2.05) is 24.6 Å². The third kappa shape index (κ3) is 3.18. The first-order valence-corrected chi connectivity index (χ1v) is 8.28. The molecule has 0 radical (unpaired) electrons. The van der Waals surface area contributed by atoms with E-state index in [9.17, 15) is 4.79 Å². The van der Waals surface area contributed by atoms with Crippen LogP contribution in [-0.4, -0.2) is 26.3 Å². The minimum atomic E-state index is -0.0374. The number of rotatable bonds is 5. The molecular formula is C16H14ClN3O2S. The van der Waals surface area contributed by atoms with Crippen LogP contribution in [0.25, 0.3) is 11.4 Å². The Kier molecular flexibility index (Phi) is 4.54. The van der Waals surface area contributed by atoms with E-state index in [0.29, 0.717) is 21.6 Å². The Morgan fingerprint density at radius 2 is 2.09 bits per heavy atom. The van der Waals surface area contributed by atoms with Gasteiger partial charge in [0.1, 0.15) is 5.76 Å². The molecule has 0 aliphatic carbocycles. The van der Waals surface area contributed by atoms with E-state index >= 15 is 0 Å². The van der Waals surface area contributed by atoms with Crippen LogP contribution >= 0.6 is 23.4 Å². The maximum atomic E-state index is 12.3. The summed E-state index contributed by atoms with van der Waals surface area (Å²) in [5.74, 6) is 1.71. The SMILES string of the molecule is Cc1occc1-c1nnc(SCC(=O)c2ccccc2Cl)n1C. The monoisotopic (exact) mass is 347 g/mol. The van der Waals surface area contributed by atoms with Gasteiger partial charge in [-0.05, 0) is 25.1 Å². The van der Waals surface area contributed by atoms with Crippen molar-refractivity contribution in [3.05, 3.63) is 52.9 Å². The van der Waals surface area contributed by atoms with Gasteiger partial charge < -0.3 is 8.98 Å². The highest BCUT2D eigenvalue weighted by Gasteiger charge is 2.17. The zero-order valence-corrected chi connectivity index (χ0v) is 14.2. The van der Waals surface area contributed by atoms with Gasteiger partial charge in [0.15, 0.2) is 16.8 Å². The van der Waals surface area contributed by atoms with Crippen molar-refractivity contribution in [1.29, 1.82) is 0 Å². The number of Topliss-reactive ketones (excluding diaryl/α,β-unsaturated/α-hetero) is 1. The van der Waals surface area contributed by atoms with Gasteiger partial charge >= 0.3 is 0 Å². The number of aromatic nitrogens is 3. The summed E-state index contributed by atoms with van der Waals surface area (Å²) in [4.78, 5) is 12.3. The molecule has 118 valence electrons. The molecule has 3 aromatic rings. The number of carbonyl (C=O) groups is 1. The van der Waals surface area contributed by atoms with Crippen molar-refractivity contribution in [3.8, 4) is 11.4 Å². The minimum Gasteiger partial charge on any atom is -0.469 e. The van der Waals surface area contributed by atoms with Crippen LogP contribution < -0.4 is 0 Å². The zero-order valence-electron chi connectivity index (χ0n) is 12.6. The molecule has 2 heterocycles. The maximum Gasteiger partial charge on any atom is 0.191 e. The molecule has 0 saturated carbocycles. The Morgan fingerprint density at radius 1 is 1.30 bits per heavy atom. The largest absolute Gasteiger partial charge is 0.469 e. The van der Waals surface area contributed by atoms with Gasteiger partial charge in [0.05, 0.1) is 22.6 Å². The van der Waals surface area contributed by atoms with Crippen LogP contribution in [0.5, 0.6) is 0 Å². The Labute approximate surface area is 142 Å². The molecule has 5 nitrogen and oxygen atoms in total. The summed E-state index contributed by atoms with van der Waals surface area (Å²) in [6.07, 6.45) is 1.62. The van der Waals surface area contributed by atoms with Gasteiger partial charge in [-0.25, -0.2) is 0 Å². The summed E-state index contributed by atoms with van der Waals surface area (Å²) in [5.41, 5.74) is 1.42. The molecular weight excluding hydrogens is 334 g/mol. The summed E-state index contributed by atoms with van der Waals surface area (Å²) >= 11 is 7.38. The second-order valence-corrected chi connectivity index (χ2v) is 6.30. The third-order valence-corrected chi connectivity index (χ3v) is 4.79. The summed E-state index contributed by atoms with van der Waals surface area (Å²) in [6, 6.07) is 8.88. The molecule has 0 aliphatic heterocycles. The van der Waals surface area contributed by atoms with E-state index in [2.05, 4.69) is 10.2 Å². The average molecular weight is 348 g/mol. The van der Waals surface area contributed by atoms with Crippen molar-refractivity contribution in [1.82, 2.24) is 14.8 Å². The molecule has 7 heteroatoms. The quantitative estimate of drug-likeness (QED) is 0.515. The number of aryl methyl sites for hydroxylation is 1. The fraction of sp³-hybridized carbons (Fsp3) is 0.188. The summed E-state index contributed by atoms with van der Waals surface area (Å²) in [7, 11) is 1.87. The molecule has 0 fully saturated rings. The second-order valence-electron chi connectivity index (χ2n) is 4.95. The Balaban J connectivity index is 1.75. The van der Waals surface area contributed by atoms with Crippen LogP contribution in [0.3, 0.4) is 0 Å². The number of carbonyl (C=O) groups excluding carboxylic acids is 1. The maximum absolute atomic E-state index is 12.3. The molecule has 0 amide bonds. The Bertz CT molecular complexity index is 857. The lowest BCUT2D eigenvalue weighted by atomic mass is 10.1. The van der Waals surface area contributed by atoms with E-state index in [-0.39, 0.29) is 11.5 Å². The van der Waals surface area contributed by atoms with E-state index in [1.165, 1.54) is 11.8 Å². The lowest BCUT2D eigenvalue weighted by Gasteiger charge is -2.04. The molecule has 23 heavy (non-hydrogen) atoms. The topological polar surface area (TPSA) is 60.9 Å². The van der Waals surface area contributed by atoms with E-state index in [0.717, 1.165) is 11.3 Å². The van der Waals surface area contributed by atoms with Crippen LogP contribution in [-0.2, 0) is 7.05 Å². The molecule has 0 spiro atoms. The number of ketones is 1. The lowest BCUT2D eigenvalue weighted by Crippen LogP contribution is -2.04. The van der Waals surface area contributed by atoms with Gasteiger partial charge in [0, 0.05) is 12.6 Å². The summed E-state index contributed by atoms with van der Waals surface area (Å²) < 4.78 is 7.15. The predicted molar refractivity (Wildman–Crippen MR) is 89.9 cm³/mol. The normalized spacial score (nSPS) is 10.9. The highest BCUT2D eigenvalue weighted by atomic mass is 35.5. The average Bonchev–Trinajstić information content (AvgIpc) is 3.11. The molecule has 1 aromatic carbocycles. The summed E-state index contributed by atoms with van der Waals surface area (Å²) in [5, 5.41) is 9.46. The molecule has 3 rings (SSSR count). The molecule has 0 bridgehead atoms. The summed E-state index contributed by atoms with van der Waals surface area (Å²) in [6.45, 7) is 1.87. The van der Waals surface area contributed by atoms with Crippen LogP contribution in [0.4, 0.5) is 0 Å². The molecule has 2 aromatic heterocycles. The van der Waals surface area contributed by atoms with Crippen molar-refractivity contribution in [3.63, 3.8) is 0 Å². The fourth-order valence-corrected chi connectivity index (χ4v) is 3.22. The Hall–Kier alpha value is -2.05. The van der Waals surface area contributed by atoms with Crippen LogP contribution in [0.15, 0.2) is 46.2 Å². The van der Waals surface area contributed by atoms with Crippen molar-refractivity contribution in [2.75, 3.05) is 5.75 Å².